The Morgan fingerprint density at radius 1 is 1.07 bits per heavy atom. The van der Waals surface area contributed by atoms with Crippen LogP contribution in [0.3, 0.4) is 0 Å². The van der Waals surface area contributed by atoms with Crippen molar-refractivity contribution in [2.75, 3.05) is 24.2 Å². The number of aryl methyl sites for hydroxylation is 1. The monoisotopic (exact) mass is 405 g/mol. The Kier molecular flexibility index (Phi) is 6.22. The quantitative estimate of drug-likeness (QED) is 0.644. The number of nitrogens with zero attached hydrogens (tertiary/aromatic N) is 1. The minimum atomic E-state index is -3.09. The topological polar surface area (TPSA) is 54.5 Å². The van der Waals surface area contributed by atoms with E-state index in [2.05, 4.69) is 4.90 Å². The number of halogens is 1. The number of carbonyl (C=O) groups excluding carboxylic acids is 1. The van der Waals surface area contributed by atoms with Gasteiger partial charge in [0.15, 0.2) is 15.6 Å². The number of Topliss-reactive ketones (excluding diaryl/α,β-unsaturated/α-hetero) is 1. The summed E-state index contributed by atoms with van der Waals surface area (Å²) in [4.78, 5) is 14.8. The maximum absolute atomic E-state index is 12.5. The molecule has 27 heavy (non-hydrogen) atoms. The van der Waals surface area contributed by atoms with E-state index in [1.165, 1.54) is 24.8 Å². The first-order valence-electron chi connectivity index (χ1n) is 9.15. The highest BCUT2D eigenvalue weighted by molar-refractivity contribution is 7.89. The predicted octanol–water partition coefficient (Wildman–Crippen LogP) is 4.30. The van der Waals surface area contributed by atoms with Crippen molar-refractivity contribution in [3.05, 3.63) is 64.2 Å². The zero-order chi connectivity index (χ0) is 19.4. The number of carbonyl (C=O) groups is 1. The molecular weight excluding hydrogens is 382 g/mol. The zero-order valence-corrected chi connectivity index (χ0v) is 17.0. The molecule has 1 aliphatic heterocycles. The van der Waals surface area contributed by atoms with Gasteiger partial charge in [0.05, 0.1) is 5.75 Å². The molecular formula is C21H24ClNO3S. The lowest BCUT2D eigenvalue weighted by atomic mass is 10.0. The molecule has 0 amide bonds. The summed E-state index contributed by atoms with van der Waals surface area (Å²) < 4.78 is 22.8. The summed E-state index contributed by atoms with van der Waals surface area (Å²) in [7, 11) is -3.09. The highest BCUT2D eigenvalue weighted by Gasteiger charge is 2.14. The number of benzene rings is 2. The van der Waals surface area contributed by atoms with E-state index in [1.807, 2.05) is 30.3 Å². The lowest BCUT2D eigenvalue weighted by Crippen LogP contribution is -2.17. The van der Waals surface area contributed by atoms with Gasteiger partial charge >= 0.3 is 0 Å². The van der Waals surface area contributed by atoms with Crippen molar-refractivity contribution >= 4 is 32.9 Å². The third kappa shape index (κ3) is 5.56. The Labute approximate surface area is 166 Å². The van der Waals surface area contributed by atoms with E-state index in [4.69, 9.17) is 11.6 Å². The van der Waals surface area contributed by atoms with Gasteiger partial charge in [0, 0.05) is 42.0 Å². The SMILES string of the molecule is CS(=O)(=O)Cc1ccc(CCC(=O)c2ccc(N3CCCC3)cc2)c(Cl)c1. The van der Waals surface area contributed by atoms with Gasteiger partial charge in [0.25, 0.3) is 0 Å². The molecule has 2 aromatic rings. The van der Waals surface area contributed by atoms with E-state index in [0.29, 0.717) is 29.0 Å². The summed E-state index contributed by atoms with van der Waals surface area (Å²) in [6.45, 7) is 2.17. The van der Waals surface area contributed by atoms with Crippen molar-refractivity contribution in [3.8, 4) is 0 Å². The maximum atomic E-state index is 12.5. The van der Waals surface area contributed by atoms with Crippen molar-refractivity contribution in [1.82, 2.24) is 0 Å². The van der Waals surface area contributed by atoms with Gasteiger partial charge in [0.1, 0.15) is 0 Å². The Balaban J connectivity index is 1.60. The molecule has 0 bridgehead atoms. The average Bonchev–Trinajstić information content (AvgIpc) is 3.14. The molecule has 0 aliphatic carbocycles. The molecule has 0 spiro atoms. The summed E-state index contributed by atoms with van der Waals surface area (Å²) in [5, 5.41) is 0.508. The van der Waals surface area contributed by atoms with E-state index >= 15 is 0 Å². The summed E-state index contributed by atoms with van der Waals surface area (Å²) in [6, 6.07) is 13.1. The molecule has 1 saturated heterocycles. The lowest BCUT2D eigenvalue weighted by molar-refractivity contribution is 0.0983. The number of hydrogen-bond donors (Lipinski definition) is 0. The molecule has 0 saturated carbocycles. The third-order valence-corrected chi connectivity index (χ3v) is 6.04. The Bertz CT molecular complexity index is 917. The van der Waals surface area contributed by atoms with Crippen molar-refractivity contribution < 1.29 is 13.2 Å². The third-order valence-electron chi connectivity index (χ3n) is 4.83. The van der Waals surface area contributed by atoms with Crippen LogP contribution in [0.5, 0.6) is 0 Å². The maximum Gasteiger partial charge on any atom is 0.163 e. The Hall–Kier alpha value is -1.85. The van der Waals surface area contributed by atoms with Crippen LogP contribution in [0.15, 0.2) is 42.5 Å². The average molecular weight is 406 g/mol. The van der Waals surface area contributed by atoms with Crippen LogP contribution in [-0.4, -0.2) is 33.5 Å². The fourth-order valence-corrected chi connectivity index (χ4v) is 4.49. The van der Waals surface area contributed by atoms with E-state index < -0.39 is 9.84 Å². The zero-order valence-electron chi connectivity index (χ0n) is 15.4. The van der Waals surface area contributed by atoms with Crippen molar-refractivity contribution in [3.63, 3.8) is 0 Å². The van der Waals surface area contributed by atoms with Crippen LogP contribution < -0.4 is 4.90 Å². The first-order chi connectivity index (χ1) is 12.8. The second kappa shape index (κ2) is 8.44. The summed E-state index contributed by atoms with van der Waals surface area (Å²) >= 11 is 6.27. The van der Waals surface area contributed by atoms with Gasteiger partial charge in [-0.25, -0.2) is 8.42 Å². The number of ketones is 1. The normalized spacial score (nSPS) is 14.5. The molecule has 2 aromatic carbocycles. The largest absolute Gasteiger partial charge is 0.372 e. The van der Waals surface area contributed by atoms with Crippen LogP contribution in [0.1, 0.15) is 40.7 Å². The molecule has 0 unspecified atom stereocenters. The van der Waals surface area contributed by atoms with Crippen molar-refractivity contribution in [2.45, 2.75) is 31.4 Å². The highest BCUT2D eigenvalue weighted by atomic mass is 35.5. The number of hydrogen-bond acceptors (Lipinski definition) is 4. The van der Waals surface area contributed by atoms with Crippen LogP contribution in [0.2, 0.25) is 5.02 Å². The number of sulfone groups is 1. The molecule has 1 heterocycles. The van der Waals surface area contributed by atoms with E-state index in [0.717, 1.165) is 18.7 Å². The first kappa shape index (κ1) is 19.9. The molecule has 1 fully saturated rings. The second-order valence-corrected chi connectivity index (χ2v) is 9.71. The molecule has 0 atom stereocenters. The van der Waals surface area contributed by atoms with Crippen LogP contribution in [0, 0.1) is 0 Å². The van der Waals surface area contributed by atoms with E-state index in [9.17, 15) is 13.2 Å². The van der Waals surface area contributed by atoms with Crippen LogP contribution in [0.25, 0.3) is 0 Å². The summed E-state index contributed by atoms with van der Waals surface area (Å²) in [5.74, 6) is 0.0502. The molecule has 0 N–H and O–H groups in total. The molecule has 0 radical (unpaired) electrons. The van der Waals surface area contributed by atoms with E-state index in [1.54, 1.807) is 12.1 Å². The molecule has 144 valence electrons. The van der Waals surface area contributed by atoms with Gasteiger partial charge in [0.2, 0.25) is 0 Å². The Morgan fingerprint density at radius 2 is 1.74 bits per heavy atom. The minimum absolute atomic E-state index is 0.0324. The van der Waals surface area contributed by atoms with Crippen molar-refractivity contribution in [1.29, 1.82) is 0 Å². The number of rotatable bonds is 7. The second-order valence-electron chi connectivity index (χ2n) is 7.16. The summed E-state index contributed by atoms with van der Waals surface area (Å²) in [6.07, 6.45) is 4.55. The fraction of sp³-hybridized carbons (Fsp3) is 0.381. The van der Waals surface area contributed by atoms with Crippen LogP contribution in [-0.2, 0) is 22.0 Å². The molecule has 6 heteroatoms. The number of anilines is 1. The van der Waals surface area contributed by atoms with E-state index in [-0.39, 0.29) is 11.5 Å². The standard InChI is InChI=1S/C21H24ClNO3S/c1-27(25,26)15-16-4-5-17(20(22)14-16)8-11-21(24)18-6-9-19(10-7-18)23-12-2-3-13-23/h4-7,9-10,14H,2-3,8,11-13,15H2,1H3. The molecule has 4 nitrogen and oxygen atoms in total. The van der Waals surface area contributed by atoms with Crippen molar-refractivity contribution in [2.24, 2.45) is 0 Å². The molecule has 1 aliphatic rings. The lowest BCUT2D eigenvalue weighted by Gasteiger charge is -2.17. The van der Waals surface area contributed by atoms with Gasteiger partial charge in [-0.2, -0.15) is 0 Å². The van der Waals surface area contributed by atoms with Gasteiger partial charge < -0.3 is 4.90 Å². The fourth-order valence-electron chi connectivity index (χ4n) is 3.41. The van der Waals surface area contributed by atoms with Crippen LogP contribution >= 0.6 is 11.6 Å². The van der Waals surface area contributed by atoms with Gasteiger partial charge in [-0.05, 0) is 60.7 Å². The Morgan fingerprint density at radius 3 is 2.33 bits per heavy atom. The van der Waals surface area contributed by atoms with Gasteiger partial charge in [-0.3, -0.25) is 4.79 Å². The van der Waals surface area contributed by atoms with Crippen LogP contribution in [0.4, 0.5) is 5.69 Å². The smallest absolute Gasteiger partial charge is 0.163 e. The molecule has 0 aromatic heterocycles. The van der Waals surface area contributed by atoms with Gasteiger partial charge in [-0.1, -0.05) is 23.7 Å². The predicted molar refractivity (Wildman–Crippen MR) is 111 cm³/mol. The first-order valence-corrected chi connectivity index (χ1v) is 11.6. The van der Waals surface area contributed by atoms with Gasteiger partial charge in [-0.15, -0.1) is 0 Å². The highest BCUT2D eigenvalue weighted by Crippen LogP contribution is 2.23. The minimum Gasteiger partial charge on any atom is -0.372 e. The summed E-state index contributed by atoms with van der Waals surface area (Å²) in [5.41, 5.74) is 3.40. The molecule has 3 rings (SSSR count).